The van der Waals surface area contributed by atoms with E-state index < -0.39 is 0 Å². The minimum atomic E-state index is -0.214. The van der Waals surface area contributed by atoms with Crippen molar-refractivity contribution in [1.29, 1.82) is 0 Å². The number of hydrogen-bond acceptors (Lipinski definition) is 4. The summed E-state index contributed by atoms with van der Waals surface area (Å²) in [4.78, 5) is 19.7. The maximum atomic E-state index is 12.0. The SMILES string of the molecule is COc1cccc(-c2ccc(CNC(=O)c3ccncn3)cc2)c1. The molecule has 0 fully saturated rings. The zero-order valence-corrected chi connectivity index (χ0v) is 13.3. The van der Waals surface area contributed by atoms with Gasteiger partial charge in [-0.2, -0.15) is 0 Å². The lowest BCUT2D eigenvalue weighted by Crippen LogP contribution is -2.23. The number of methoxy groups -OCH3 is 1. The van der Waals surface area contributed by atoms with Gasteiger partial charge in [-0.1, -0.05) is 36.4 Å². The van der Waals surface area contributed by atoms with Gasteiger partial charge in [-0.15, -0.1) is 0 Å². The molecule has 2 aromatic carbocycles. The van der Waals surface area contributed by atoms with Crippen LogP contribution in [0.1, 0.15) is 16.1 Å². The van der Waals surface area contributed by atoms with E-state index in [1.165, 1.54) is 6.33 Å². The molecule has 0 aliphatic heterocycles. The fraction of sp³-hybridized carbons (Fsp3) is 0.105. The molecule has 3 aromatic rings. The third-order valence-corrected chi connectivity index (χ3v) is 3.62. The van der Waals surface area contributed by atoms with Crippen molar-refractivity contribution in [2.24, 2.45) is 0 Å². The molecule has 0 aliphatic carbocycles. The van der Waals surface area contributed by atoms with Crippen molar-refractivity contribution in [2.75, 3.05) is 7.11 Å². The molecule has 120 valence electrons. The highest BCUT2D eigenvalue weighted by atomic mass is 16.5. The Bertz CT molecular complexity index is 818. The van der Waals surface area contributed by atoms with Gasteiger partial charge in [-0.25, -0.2) is 9.97 Å². The summed E-state index contributed by atoms with van der Waals surface area (Å²) in [6.07, 6.45) is 2.91. The fourth-order valence-corrected chi connectivity index (χ4v) is 2.32. The number of nitrogens with zero attached hydrogens (tertiary/aromatic N) is 2. The number of hydrogen-bond donors (Lipinski definition) is 1. The molecule has 24 heavy (non-hydrogen) atoms. The quantitative estimate of drug-likeness (QED) is 0.785. The van der Waals surface area contributed by atoms with Crippen LogP contribution in [0, 0.1) is 0 Å². The highest BCUT2D eigenvalue weighted by Crippen LogP contribution is 2.24. The molecular formula is C19H17N3O2. The van der Waals surface area contributed by atoms with Gasteiger partial charge in [0.1, 0.15) is 17.8 Å². The molecular weight excluding hydrogens is 302 g/mol. The molecule has 5 heteroatoms. The summed E-state index contributed by atoms with van der Waals surface area (Å²) in [6.45, 7) is 0.446. The average Bonchev–Trinajstić information content (AvgIpc) is 2.67. The van der Waals surface area contributed by atoms with Crippen LogP contribution in [0.15, 0.2) is 67.1 Å². The summed E-state index contributed by atoms with van der Waals surface area (Å²) < 4.78 is 5.25. The molecule has 0 saturated carbocycles. The summed E-state index contributed by atoms with van der Waals surface area (Å²) in [5.74, 6) is 0.614. The van der Waals surface area contributed by atoms with Crippen molar-refractivity contribution < 1.29 is 9.53 Å². The molecule has 1 amide bonds. The van der Waals surface area contributed by atoms with E-state index in [0.717, 1.165) is 22.4 Å². The van der Waals surface area contributed by atoms with Crippen LogP contribution in [0.2, 0.25) is 0 Å². The third-order valence-electron chi connectivity index (χ3n) is 3.62. The van der Waals surface area contributed by atoms with Crippen molar-refractivity contribution in [1.82, 2.24) is 15.3 Å². The van der Waals surface area contributed by atoms with Gasteiger partial charge in [0.25, 0.3) is 5.91 Å². The van der Waals surface area contributed by atoms with E-state index in [4.69, 9.17) is 4.74 Å². The molecule has 1 aromatic heterocycles. The molecule has 3 rings (SSSR count). The molecule has 0 atom stereocenters. The van der Waals surface area contributed by atoms with Crippen molar-refractivity contribution >= 4 is 5.91 Å². The van der Waals surface area contributed by atoms with Gasteiger partial charge in [0, 0.05) is 12.7 Å². The second-order valence-corrected chi connectivity index (χ2v) is 5.21. The summed E-state index contributed by atoms with van der Waals surface area (Å²) in [7, 11) is 1.66. The number of ether oxygens (including phenoxy) is 1. The first kappa shape index (κ1) is 15.7. The predicted molar refractivity (Wildman–Crippen MR) is 91.6 cm³/mol. The Morgan fingerprint density at radius 1 is 1.08 bits per heavy atom. The highest BCUT2D eigenvalue weighted by Gasteiger charge is 2.06. The minimum absolute atomic E-state index is 0.214. The third kappa shape index (κ3) is 3.76. The Kier molecular flexibility index (Phi) is 4.81. The molecule has 1 N–H and O–H groups in total. The second-order valence-electron chi connectivity index (χ2n) is 5.21. The van der Waals surface area contributed by atoms with E-state index in [-0.39, 0.29) is 5.91 Å². The van der Waals surface area contributed by atoms with Crippen molar-refractivity contribution in [2.45, 2.75) is 6.54 Å². The molecule has 1 heterocycles. The molecule has 0 spiro atoms. The Morgan fingerprint density at radius 2 is 1.92 bits per heavy atom. The number of nitrogens with one attached hydrogen (secondary N) is 1. The van der Waals surface area contributed by atoms with E-state index in [1.54, 1.807) is 19.4 Å². The van der Waals surface area contributed by atoms with Crippen molar-refractivity contribution in [3.8, 4) is 16.9 Å². The van der Waals surface area contributed by atoms with Crippen molar-refractivity contribution in [3.05, 3.63) is 78.4 Å². The Labute approximate surface area is 140 Å². The first-order valence-electron chi connectivity index (χ1n) is 7.54. The lowest BCUT2D eigenvalue weighted by molar-refractivity contribution is 0.0945. The van der Waals surface area contributed by atoms with E-state index in [1.807, 2.05) is 48.5 Å². The van der Waals surface area contributed by atoms with Crippen LogP contribution >= 0.6 is 0 Å². The van der Waals surface area contributed by atoms with Crippen LogP contribution in [0.4, 0.5) is 0 Å². The first-order chi connectivity index (χ1) is 11.8. The second kappa shape index (κ2) is 7.37. The van der Waals surface area contributed by atoms with Crippen LogP contribution in [0.25, 0.3) is 11.1 Å². The van der Waals surface area contributed by atoms with Crippen LogP contribution in [0.5, 0.6) is 5.75 Å². The number of aromatic nitrogens is 2. The topological polar surface area (TPSA) is 64.1 Å². The first-order valence-corrected chi connectivity index (χ1v) is 7.54. The summed E-state index contributed by atoms with van der Waals surface area (Å²) in [5, 5.41) is 2.84. The van der Waals surface area contributed by atoms with E-state index >= 15 is 0 Å². The van der Waals surface area contributed by atoms with E-state index in [0.29, 0.717) is 12.2 Å². The number of rotatable bonds is 5. The largest absolute Gasteiger partial charge is 0.497 e. The minimum Gasteiger partial charge on any atom is -0.497 e. The number of amides is 1. The smallest absolute Gasteiger partial charge is 0.270 e. The fourth-order valence-electron chi connectivity index (χ4n) is 2.32. The normalized spacial score (nSPS) is 10.2. The van der Waals surface area contributed by atoms with Gasteiger partial charge in [0.15, 0.2) is 0 Å². The van der Waals surface area contributed by atoms with Crippen LogP contribution in [-0.4, -0.2) is 23.0 Å². The Balaban J connectivity index is 1.65. The predicted octanol–water partition coefficient (Wildman–Crippen LogP) is 3.08. The number of benzene rings is 2. The van der Waals surface area contributed by atoms with Gasteiger partial charge in [0.05, 0.1) is 7.11 Å². The van der Waals surface area contributed by atoms with Gasteiger partial charge in [-0.05, 0) is 34.9 Å². The molecule has 0 radical (unpaired) electrons. The Morgan fingerprint density at radius 3 is 2.62 bits per heavy atom. The summed E-state index contributed by atoms with van der Waals surface area (Å²) >= 11 is 0. The zero-order valence-electron chi connectivity index (χ0n) is 13.3. The number of carbonyl (C=O) groups is 1. The van der Waals surface area contributed by atoms with Crippen molar-refractivity contribution in [3.63, 3.8) is 0 Å². The summed E-state index contributed by atoms with van der Waals surface area (Å²) in [6, 6.07) is 17.5. The van der Waals surface area contributed by atoms with E-state index in [2.05, 4.69) is 15.3 Å². The van der Waals surface area contributed by atoms with Gasteiger partial charge in [0.2, 0.25) is 0 Å². The van der Waals surface area contributed by atoms with Crippen LogP contribution in [-0.2, 0) is 6.54 Å². The molecule has 0 bridgehead atoms. The monoisotopic (exact) mass is 319 g/mol. The van der Waals surface area contributed by atoms with Gasteiger partial charge in [-0.3, -0.25) is 4.79 Å². The maximum Gasteiger partial charge on any atom is 0.270 e. The van der Waals surface area contributed by atoms with Crippen LogP contribution in [0.3, 0.4) is 0 Å². The molecule has 0 saturated heterocycles. The molecule has 5 nitrogen and oxygen atoms in total. The molecule has 0 unspecified atom stereocenters. The highest BCUT2D eigenvalue weighted by molar-refractivity contribution is 5.92. The molecule has 0 aliphatic rings. The lowest BCUT2D eigenvalue weighted by atomic mass is 10.0. The Hall–Kier alpha value is -3.21. The standard InChI is InChI=1S/C19H17N3O2/c1-24-17-4-2-3-16(11-17)15-7-5-14(6-8-15)12-21-19(23)18-9-10-20-13-22-18/h2-11,13H,12H2,1H3,(H,21,23). The zero-order chi connectivity index (χ0) is 16.8. The summed E-state index contributed by atoms with van der Waals surface area (Å²) in [5.41, 5.74) is 3.56. The lowest BCUT2D eigenvalue weighted by Gasteiger charge is -2.07. The maximum absolute atomic E-state index is 12.0. The number of carbonyl (C=O) groups excluding carboxylic acids is 1. The van der Waals surface area contributed by atoms with Gasteiger partial charge < -0.3 is 10.1 Å². The average molecular weight is 319 g/mol. The van der Waals surface area contributed by atoms with E-state index in [9.17, 15) is 4.79 Å². The van der Waals surface area contributed by atoms with Gasteiger partial charge >= 0.3 is 0 Å². The van der Waals surface area contributed by atoms with Crippen LogP contribution < -0.4 is 10.1 Å².